The van der Waals surface area contributed by atoms with E-state index in [1.165, 1.54) is 5.56 Å². The van der Waals surface area contributed by atoms with Crippen molar-refractivity contribution in [2.24, 2.45) is 0 Å². The highest BCUT2D eigenvalue weighted by molar-refractivity contribution is 5.94. The van der Waals surface area contributed by atoms with Gasteiger partial charge in [0.25, 0.3) is 5.91 Å². The first-order chi connectivity index (χ1) is 14.6. The Hall–Kier alpha value is -3.22. The van der Waals surface area contributed by atoms with Gasteiger partial charge in [-0.25, -0.2) is 4.68 Å². The summed E-state index contributed by atoms with van der Waals surface area (Å²) in [6, 6.07) is 16.6. The maximum absolute atomic E-state index is 13.0. The number of anilines is 1. The Labute approximate surface area is 177 Å². The SMILES string of the molecule is CC(C)c1ccc(NC2CCCN(C(=O)c3ccc(Cn4cnnn4)cc3)C2)cc1. The van der Waals surface area contributed by atoms with Crippen molar-refractivity contribution in [2.75, 3.05) is 18.4 Å². The molecule has 0 saturated carbocycles. The third kappa shape index (κ3) is 4.84. The number of nitrogens with zero attached hydrogens (tertiary/aromatic N) is 5. The largest absolute Gasteiger partial charge is 0.381 e. The molecule has 3 aromatic rings. The van der Waals surface area contributed by atoms with Gasteiger partial charge in [0.1, 0.15) is 6.33 Å². The summed E-state index contributed by atoms with van der Waals surface area (Å²) >= 11 is 0. The van der Waals surface area contributed by atoms with E-state index in [4.69, 9.17) is 0 Å². The lowest BCUT2D eigenvalue weighted by atomic mass is 10.0. The number of nitrogens with one attached hydrogen (secondary N) is 1. The monoisotopic (exact) mass is 404 g/mol. The second-order valence-corrected chi connectivity index (χ2v) is 8.22. The van der Waals surface area contributed by atoms with Crippen molar-refractivity contribution in [3.63, 3.8) is 0 Å². The van der Waals surface area contributed by atoms with Crippen LogP contribution in [-0.4, -0.2) is 50.1 Å². The van der Waals surface area contributed by atoms with Gasteiger partial charge in [-0.15, -0.1) is 5.10 Å². The molecule has 1 fully saturated rings. The zero-order valence-electron chi connectivity index (χ0n) is 17.5. The highest BCUT2D eigenvalue weighted by Crippen LogP contribution is 2.21. The van der Waals surface area contributed by atoms with E-state index in [1.54, 1.807) is 11.0 Å². The summed E-state index contributed by atoms with van der Waals surface area (Å²) in [6.45, 7) is 6.51. The number of likely N-dealkylation sites (tertiary alicyclic amines) is 1. The Balaban J connectivity index is 1.36. The molecule has 1 unspecified atom stereocenters. The Kier molecular flexibility index (Phi) is 6.07. The minimum absolute atomic E-state index is 0.0885. The van der Waals surface area contributed by atoms with Gasteiger partial charge in [0.15, 0.2) is 0 Å². The summed E-state index contributed by atoms with van der Waals surface area (Å²) in [5, 5.41) is 14.8. The number of aromatic nitrogens is 4. The predicted molar refractivity (Wildman–Crippen MR) is 116 cm³/mol. The van der Waals surface area contributed by atoms with Gasteiger partial charge in [0, 0.05) is 30.4 Å². The van der Waals surface area contributed by atoms with Crippen LogP contribution in [0.5, 0.6) is 0 Å². The number of hydrogen-bond acceptors (Lipinski definition) is 5. The van der Waals surface area contributed by atoms with Crippen LogP contribution in [0.25, 0.3) is 0 Å². The van der Waals surface area contributed by atoms with E-state index in [0.717, 1.165) is 42.7 Å². The second kappa shape index (κ2) is 9.07. The molecule has 156 valence electrons. The lowest BCUT2D eigenvalue weighted by molar-refractivity contribution is 0.0715. The zero-order chi connectivity index (χ0) is 20.9. The first kappa shape index (κ1) is 20.1. The highest BCUT2D eigenvalue weighted by atomic mass is 16.2. The number of rotatable bonds is 6. The van der Waals surface area contributed by atoms with Crippen LogP contribution in [0.1, 0.15) is 54.1 Å². The van der Waals surface area contributed by atoms with E-state index in [9.17, 15) is 4.79 Å². The van der Waals surface area contributed by atoms with Crippen molar-refractivity contribution in [2.45, 2.75) is 45.2 Å². The van der Waals surface area contributed by atoms with Crippen LogP contribution >= 0.6 is 0 Å². The molecule has 0 aliphatic carbocycles. The van der Waals surface area contributed by atoms with Crippen molar-refractivity contribution < 1.29 is 4.79 Å². The van der Waals surface area contributed by atoms with Gasteiger partial charge < -0.3 is 10.2 Å². The summed E-state index contributed by atoms with van der Waals surface area (Å²) in [5.41, 5.74) is 4.23. The molecule has 1 aromatic heterocycles. The van der Waals surface area contributed by atoms with Crippen LogP contribution in [0, 0.1) is 0 Å². The fourth-order valence-electron chi connectivity index (χ4n) is 3.85. The van der Waals surface area contributed by atoms with Gasteiger partial charge in [-0.2, -0.15) is 0 Å². The van der Waals surface area contributed by atoms with Gasteiger partial charge in [-0.3, -0.25) is 4.79 Å². The molecule has 0 bridgehead atoms. The molecule has 1 N–H and O–H groups in total. The Morgan fingerprint density at radius 3 is 2.57 bits per heavy atom. The smallest absolute Gasteiger partial charge is 0.253 e. The molecule has 0 radical (unpaired) electrons. The topological polar surface area (TPSA) is 75.9 Å². The van der Waals surface area contributed by atoms with E-state index >= 15 is 0 Å². The quantitative estimate of drug-likeness (QED) is 0.680. The first-order valence-electron chi connectivity index (χ1n) is 10.5. The van der Waals surface area contributed by atoms with Gasteiger partial charge in [0.05, 0.1) is 6.54 Å². The maximum Gasteiger partial charge on any atom is 0.253 e. The van der Waals surface area contributed by atoms with E-state index in [-0.39, 0.29) is 11.9 Å². The molecule has 1 atom stereocenters. The molecule has 7 heteroatoms. The number of hydrogen-bond donors (Lipinski definition) is 1. The highest BCUT2D eigenvalue weighted by Gasteiger charge is 2.24. The molecule has 1 aliphatic rings. The molecule has 1 amide bonds. The van der Waals surface area contributed by atoms with E-state index in [2.05, 4.69) is 59.0 Å². The van der Waals surface area contributed by atoms with Gasteiger partial charge in [0.2, 0.25) is 0 Å². The van der Waals surface area contributed by atoms with Crippen molar-refractivity contribution >= 4 is 11.6 Å². The lowest BCUT2D eigenvalue weighted by Crippen LogP contribution is -2.45. The van der Waals surface area contributed by atoms with Crippen molar-refractivity contribution in [1.29, 1.82) is 0 Å². The van der Waals surface area contributed by atoms with Crippen molar-refractivity contribution in [1.82, 2.24) is 25.1 Å². The molecule has 4 rings (SSSR count). The molecule has 30 heavy (non-hydrogen) atoms. The Morgan fingerprint density at radius 1 is 1.13 bits per heavy atom. The minimum Gasteiger partial charge on any atom is -0.381 e. The molecule has 2 heterocycles. The fraction of sp³-hybridized carbons (Fsp3) is 0.391. The van der Waals surface area contributed by atoms with Gasteiger partial charge in [-0.05, 0) is 64.6 Å². The predicted octanol–water partition coefficient (Wildman–Crippen LogP) is 3.56. The molecule has 1 saturated heterocycles. The lowest BCUT2D eigenvalue weighted by Gasteiger charge is -2.34. The molecule has 0 spiro atoms. The van der Waals surface area contributed by atoms with E-state index in [1.807, 2.05) is 29.2 Å². The van der Waals surface area contributed by atoms with Crippen molar-refractivity contribution in [3.05, 3.63) is 71.5 Å². The van der Waals surface area contributed by atoms with Crippen LogP contribution < -0.4 is 5.32 Å². The van der Waals surface area contributed by atoms with E-state index < -0.39 is 0 Å². The Morgan fingerprint density at radius 2 is 1.90 bits per heavy atom. The van der Waals surface area contributed by atoms with Gasteiger partial charge in [-0.1, -0.05) is 38.1 Å². The van der Waals surface area contributed by atoms with Crippen molar-refractivity contribution in [3.8, 4) is 0 Å². The first-order valence-corrected chi connectivity index (χ1v) is 10.5. The number of carbonyl (C=O) groups excluding carboxylic acids is 1. The molecular formula is C23H28N6O. The molecule has 1 aliphatic heterocycles. The number of tetrazole rings is 1. The minimum atomic E-state index is 0.0885. The molecular weight excluding hydrogens is 376 g/mol. The number of piperidine rings is 1. The van der Waals surface area contributed by atoms with Gasteiger partial charge >= 0.3 is 0 Å². The zero-order valence-corrected chi connectivity index (χ0v) is 17.5. The van der Waals surface area contributed by atoms with Crippen LogP contribution in [-0.2, 0) is 6.54 Å². The Bertz CT molecular complexity index is 950. The summed E-state index contributed by atoms with van der Waals surface area (Å²) in [6.07, 6.45) is 3.65. The number of amides is 1. The number of carbonyl (C=O) groups is 1. The maximum atomic E-state index is 13.0. The summed E-state index contributed by atoms with van der Waals surface area (Å²) in [5.74, 6) is 0.617. The molecule has 2 aromatic carbocycles. The standard InChI is InChI=1S/C23H28N6O/c1-17(2)19-9-11-21(12-10-19)25-22-4-3-13-28(15-22)23(30)20-7-5-18(6-8-20)14-29-16-24-26-27-29/h5-12,16-17,22,25H,3-4,13-15H2,1-2H3. The average molecular weight is 405 g/mol. The van der Waals surface area contributed by atoms with Crippen LogP contribution in [0.3, 0.4) is 0 Å². The summed E-state index contributed by atoms with van der Waals surface area (Å²) in [4.78, 5) is 15.0. The third-order valence-corrected chi connectivity index (χ3v) is 5.59. The fourth-order valence-corrected chi connectivity index (χ4v) is 3.85. The summed E-state index contributed by atoms with van der Waals surface area (Å²) < 4.78 is 1.66. The third-order valence-electron chi connectivity index (χ3n) is 5.59. The van der Waals surface area contributed by atoms with E-state index in [0.29, 0.717) is 12.5 Å². The number of benzene rings is 2. The van der Waals surface area contributed by atoms with Crippen LogP contribution in [0.15, 0.2) is 54.9 Å². The average Bonchev–Trinajstić information content (AvgIpc) is 3.27. The summed E-state index contributed by atoms with van der Waals surface area (Å²) in [7, 11) is 0. The normalized spacial score (nSPS) is 16.6. The van der Waals surface area contributed by atoms with Crippen LogP contribution in [0.4, 0.5) is 5.69 Å². The van der Waals surface area contributed by atoms with Crippen LogP contribution in [0.2, 0.25) is 0 Å². The molecule has 7 nitrogen and oxygen atoms in total. The second-order valence-electron chi connectivity index (χ2n) is 8.22.